The summed E-state index contributed by atoms with van der Waals surface area (Å²) in [5, 5.41) is 0. The molecule has 0 unspecified atom stereocenters. The number of nitrogens with two attached hydrogens (primary N) is 1. The summed E-state index contributed by atoms with van der Waals surface area (Å²) in [4.78, 5) is 15.8. The van der Waals surface area contributed by atoms with E-state index in [0.29, 0.717) is 6.54 Å². The lowest BCUT2D eigenvalue weighted by atomic mass is 9.69. The Bertz CT molecular complexity index is 520. The number of nitrogens with zero attached hydrogens (tertiary/aromatic N) is 2. The smallest absolute Gasteiger partial charge is 0.241 e. The van der Waals surface area contributed by atoms with Crippen LogP contribution in [-0.2, 0) is 10.2 Å². The van der Waals surface area contributed by atoms with Crippen LogP contribution in [-0.4, -0.2) is 44.0 Å². The van der Waals surface area contributed by atoms with Crippen molar-refractivity contribution < 1.29 is 4.79 Å². The summed E-state index contributed by atoms with van der Waals surface area (Å²) in [6.07, 6.45) is 6.31. The molecule has 0 atom stereocenters. The van der Waals surface area contributed by atoms with Crippen LogP contribution in [0.2, 0.25) is 0 Å². The first-order chi connectivity index (χ1) is 10.6. The van der Waals surface area contributed by atoms with Crippen LogP contribution < -0.4 is 10.6 Å². The van der Waals surface area contributed by atoms with Crippen molar-refractivity contribution in [1.29, 1.82) is 0 Å². The highest BCUT2D eigenvalue weighted by Gasteiger charge is 2.32. The molecule has 2 fully saturated rings. The Kier molecular flexibility index (Phi) is 4.39. The Hall–Kier alpha value is -1.55. The third-order valence-corrected chi connectivity index (χ3v) is 5.50. The maximum absolute atomic E-state index is 11.9. The second-order valence-electron chi connectivity index (χ2n) is 6.83. The number of hydrogen-bond acceptors (Lipinski definition) is 3. The zero-order valence-electron chi connectivity index (χ0n) is 13.6. The number of likely N-dealkylation sites (N-methyl/N-ethyl adjacent to an activating group) is 1. The van der Waals surface area contributed by atoms with Crippen LogP contribution in [0.4, 0.5) is 5.69 Å². The van der Waals surface area contributed by atoms with E-state index < -0.39 is 0 Å². The first kappa shape index (κ1) is 15.3. The van der Waals surface area contributed by atoms with E-state index in [2.05, 4.69) is 29.2 Å². The quantitative estimate of drug-likeness (QED) is 0.930. The van der Waals surface area contributed by atoms with Crippen molar-refractivity contribution in [2.75, 3.05) is 38.1 Å². The molecule has 1 heterocycles. The lowest BCUT2D eigenvalue weighted by Crippen LogP contribution is -2.48. The van der Waals surface area contributed by atoms with Crippen molar-refractivity contribution in [1.82, 2.24) is 4.90 Å². The lowest BCUT2D eigenvalue weighted by Gasteiger charge is -2.37. The van der Waals surface area contributed by atoms with Gasteiger partial charge in [0.25, 0.3) is 0 Å². The molecule has 4 heteroatoms. The van der Waals surface area contributed by atoms with Crippen molar-refractivity contribution in [3.63, 3.8) is 0 Å². The van der Waals surface area contributed by atoms with Crippen molar-refractivity contribution in [2.24, 2.45) is 5.73 Å². The largest absolute Gasteiger partial charge is 0.360 e. The normalized spacial score (nSPS) is 22.0. The van der Waals surface area contributed by atoms with E-state index in [-0.39, 0.29) is 11.3 Å². The molecule has 4 nitrogen and oxygen atoms in total. The average Bonchev–Trinajstić information content (AvgIpc) is 2.58. The van der Waals surface area contributed by atoms with Crippen LogP contribution in [0.1, 0.15) is 37.7 Å². The van der Waals surface area contributed by atoms with Gasteiger partial charge in [0.2, 0.25) is 5.91 Å². The summed E-state index contributed by atoms with van der Waals surface area (Å²) in [6, 6.07) is 8.80. The molecule has 2 aliphatic rings. The summed E-state index contributed by atoms with van der Waals surface area (Å²) >= 11 is 0. The molecule has 1 amide bonds. The van der Waals surface area contributed by atoms with Gasteiger partial charge in [0, 0.05) is 37.8 Å². The van der Waals surface area contributed by atoms with Gasteiger partial charge in [-0.05, 0) is 30.5 Å². The number of rotatable bonds is 3. The number of anilines is 1. The summed E-state index contributed by atoms with van der Waals surface area (Å²) in [5.41, 5.74) is 8.82. The molecule has 3 rings (SSSR count). The van der Waals surface area contributed by atoms with Gasteiger partial charge in [0.15, 0.2) is 0 Å². The second-order valence-corrected chi connectivity index (χ2v) is 6.83. The first-order valence-corrected chi connectivity index (χ1v) is 8.44. The minimum atomic E-state index is 0.175. The van der Waals surface area contributed by atoms with Gasteiger partial charge in [0.1, 0.15) is 0 Å². The van der Waals surface area contributed by atoms with Crippen LogP contribution in [0.3, 0.4) is 0 Å². The molecule has 1 saturated heterocycles. The minimum Gasteiger partial charge on any atom is -0.360 e. The molecule has 22 heavy (non-hydrogen) atoms. The molecule has 0 spiro atoms. The van der Waals surface area contributed by atoms with E-state index in [1.165, 1.54) is 37.7 Å². The number of hydrogen-bond donors (Lipinski definition) is 1. The van der Waals surface area contributed by atoms with Gasteiger partial charge in [0.05, 0.1) is 6.54 Å². The van der Waals surface area contributed by atoms with Crippen molar-refractivity contribution >= 4 is 11.6 Å². The third-order valence-electron chi connectivity index (χ3n) is 5.50. The highest BCUT2D eigenvalue weighted by Crippen LogP contribution is 2.39. The topological polar surface area (TPSA) is 49.6 Å². The molecule has 120 valence electrons. The summed E-state index contributed by atoms with van der Waals surface area (Å²) < 4.78 is 0. The molecular formula is C18H27N3O. The number of carbonyl (C=O) groups is 1. The Morgan fingerprint density at radius 2 is 1.77 bits per heavy atom. The molecule has 0 radical (unpaired) electrons. The molecule has 1 aliphatic carbocycles. The van der Waals surface area contributed by atoms with Gasteiger partial charge in [-0.3, -0.25) is 4.79 Å². The maximum Gasteiger partial charge on any atom is 0.241 e. The van der Waals surface area contributed by atoms with Gasteiger partial charge in [-0.25, -0.2) is 0 Å². The molecule has 0 bridgehead atoms. The van der Waals surface area contributed by atoms with Crippen LogP contribution in [0, 0.1) is 0 Å². The van der Waals surface area contributed by atoms with E-state index in [9.17, 15) is 4.79 Å². The average molecular weight is 301 g/mol. The summed E-state index contributed by atoms with van der Waals surface area (Å²) in [7, 11) is 1.87. The minimum absolute atomic E-state index is 0.175. The van der Waals surface area contributed by atoms with Gasteiger partial charge in [-0.1, -0.05) is 31.4 Å². The molecule has 1 aromatic carbocycles. The second kappa shape index (κ2) is 6.29. The number of piperazine rings is 1. The SMILES string of the molecule is CN1CCN(c2ccc(C3(CN)CCCCC3)cc2)CC1=O. The van der Waals surface area contributed by atoms with E-state index in [4.69, 9.17) is 5.73 Å². The van der Waals surface area contributed by atoms with E-state index in [1.54, 1.807) is 4.90 Å². The fourth-order valence-electron chi connectivity index (χ4n) is 3.84. The van der Waals surface area contributed by atoms with E-state index in [1.807, 2.05) is 7.05 Å². The zero-order valence-corrected chi connectivity index (χ0v) is 13.6. The molecule has 0 aromatic heterocycles. The van der Waals surface area contributed by atoms with Gasteiger partial charge < -0.3 is 15.5 Å². The zero-order chi connectivity index (χ0) is 15.6. The summed E-state index contributed by atoms with van der Waals surface area (Å²) in [5.74, 6) is 0.195. The Labute approximate surface area is 133 Å². The highest BCUT2D eigenvalue weighted by atomic mass is 16.2. The van der Waals surface area contributed by atoms with E-state index >= 15 is 0 Å². The van der Waals surface area contributed by atoms with Crippen LogP contribution in [0.5, 0.6) is 0 Å². The lowest BCUT2D eigenvalue weighted by molar-refractivity contribution is -0.129. The third kappa shape index (κ3) is 2.84. The Balaban J connectivity index is 1.76. The molecule has 1 aliphatic heterocycles. The molecule has 1 aromatic rings. The van der Waals surface area contributed by atoms with Crippen molar-refractivity contribution in [3.05, 3.63) is 29.8 Å². The highest BCUT2D eigenvalue weighted by molar-refractivity contribution is 5.82. The number of amides is 1. The number of carbonyl (C=O) groups excluding carboxylic acids is 1. The Morgan fingerprint density at radius 1 is 1.09 bits per heavy atom. The standard InChI is InChI=1S/C18H27N3O/c1-20-11-12-21(13-17(20)22)16-7-5-15(6-8-16)18(14-19)9-3-2-4-10-18/h5-8H,2-4,9-14,19H2,1H3. The van der Waals surface area contributed by atoms with Crippen molar-refractivity contribution in [3.8, 4) is 0 Å². The van der Waals surface area contributed by atoms with Gasteiger partial charge >= 0.3 is 0 Å². The molecule has 2 N–H and O–H groups in total. The predicted molar refractivity (Wildman–Crippen MR) is 90.1 cm³/mol. The van der Waals surface area contributed by atoms with Crippen molar-refractivity contribution in [2.45, 2.75) is 37.5 Å². The molecule has 1 saturated carbocycles. The monoisotopic (exact) mass is 301 g/mol. The van der Waals surface area contributed by atoms with Crippen LogP contribution >= 0.6 is 0 Å². The molecular weight excluding hydrogens is 274 g/mol. The van der Waals surface area contributed by atoms with Gasteiger partial charge in [-0.2, -0.15) is 0 Å². The number of benzene rings is 1. The van der Waals surface area contributed by atoms with Crippen LogP contribution in [0.15, 0.2) is 24.3 Å². The predicted octanol–water partition coefficient (Wildman–Crippen LogP) is 2.13. The maximum atomic E-state index is 11.9. The summed E-state index contributed by atoms with van der Waals surface area (Å²) in [6.45, 7) is 2.92. The fourth-order valence-corrected chi connectivity index (χ4v) is 3.84. The Morgan fingerprint density at radius 3 is 2.36 bits per heavy atom. The van der Waals surface area contributed by atoms with Crippen LogP contribution in [0.25, 0.3) is 0 Å². The van der Waals surface area contributed by atoms with Gasteiger partial charge in [-0.15, -0.1) is 0 Å². The first-order valence-electron chi connectivity index (χ1n) is 8.44. The van der Waals surface area contributed by atoms with E-state index in [0.717, 1.165) is 25.3 Å². The fraction of sp³-hybridized carbons (Fsp3) is 0.611.